The average molecular weight is 500 g/mol. The summed E-state index contributed by atoms with van der Waals surface area (Å²) in [7, 11) is 1.43. The predicted molar refractivity (Wildman–Crippen MR) is 116 cm³/mol. The fourth-order valence-corrected chi connectivity index (χ4v) is 3.44. The number of imide groups is 1. The summed E-state index contributed by atoms with van der Waals surface area (Å²) in [6.07, 6.45) is -4.66. The molecule has 1 heterocycles. The molecule has 34 heavy (non-hydrogen) atoms. The molecular formula is C22H21ClF3N3O5. The normalized spacial score (nSPS) is 18.1. The summed E-state index contributed by atoms with van der Waals surface area (Å²) < 4.78 is 49.7. The third-order valence-corrected chi connectivity index (χ3v) is 5.38. The average Bonchev–Trinajstić information content (AvgIpc) is 2.98. The van der Waals surface area contributed by atoms with E-state index in [9.17, 15) is 27.6 Å². The van der Waals surface area contributed by atoms with Crippen molar-refractivity contribution in [3.8, 4) is 5.75 Å². The van der Waals surface area contributed by atoms with Crippen LogP contribution in [0.2, 0.25) is 5.02 Å². The predicted octanol–water partition coefficient (Wildman–Crippen LogP) is 3.79. The third-order valence-electron chi connectivity index (χ3n) is 5.12. The molecule has 0 unspecified atom stereocenters. The molecule has 12 heteroatoms. The number of methoxy groups -OCH3 is 1. The Labute approximate surface area is 198 Å². The van der Waals surface area contributed by atoms with Crippen LogP contribution in [0.15, 0.2) is 42.5 Å². The number of anilines is 1. The first-order chi connectivity index (χ1) is 16.0. The molecule has 182 valence electrons. The Hall–Kier alpha value is -3.31. The SMILES string of the molecule is COCCOc1ccc(C(F)(F)F)cc1NC(=O)CN1C(=O)N[C@@](C)(c2ccc(Cl)cc2)C1=O. The Bertz CT molecular complexity index is 1090. The molecule has 1 fully saturated rings. The fraction of sp³-hybridized carbons (Fsp3) is 0.318. The van der Waals surface area contributed by atoms with E-state index in [2.05, 4.69) is 10.6 Å². The second-order valence-electron chi connectivity index (χ2n) is 7.55. The highest BCUT2D eigenvalue weighted by Crippen LogP contribution is 2.35. The van der Waals surface area contributed by atoms with Crippen molar-refractivity contribution >= 4 is 35.1 Å². The maximum Gasteiger partial charge on any atom is 0.416 e. The number of carbonyl (C=O) groups excluding carboxylic acids is 3. The van der Waals surface area contributed by atoms with Crippen LogP contribution in [0.5, 0.6) is 5.75 Å². The standard InChI is InChI=1S/C22H21ClF3N3O5/c1-21(13-3-6-15(23)7-4-13)19(31)29(20(32)28-21)12-18(30)27-16-11-14(22(24,25)26)5-8-17(16)34-10-9-33-2/h3-8,11H,9-10,12H2,1-2H3,(H,27,30)(H,28,32)/t21-/m0/s1. The van der Waals surface area contributed by atoms with Crippen LogP contribution in [0, 0.1) is 0 Å². The zero-order valence-corrected chi connectivity index (χ0v) is 18.9. The van der Waals surface area contributed by atoms with Gasteiger partial charge in [0.25, 0.3) is 5.91 Å². The van der Waals surface area contributed by atoms with Crippen molar-refractivity contribution in [3.63, 3.8) is 0 Å². The van der Waals surface area contributed by atoms with Crippen LogP contribution in [-0.4, -0.2) is 49.6 Å². The molecule has 4 amide bonds. The Kier molecular flexibility index (Phi) is 7.37. The number of nitrogens with zero attached hydrogens (tertiary/aromatic N) is 1. The number of nitrogens with one attached hydrogen (secondary N) is 2. The number of alkyl halides is 3. The molecule has 0 radical (unpaired) electrons. The number of ether oxygens (including phenoxy) is 2. The number of hydrogen-bond donors (Lipinski definition) is 2. The highest BCUT2D eigenvalue weighted by molar-refractivity contribution is 6.30. The zero-order chi connectivity index (χ0) is 25.1. The quantitative estimate of drug-likeness (QED) is 0.425. The van der Waals surface area contributed by atoms with E-state index < -0.39 is 41.7 Å². The van der Waals surface area contributed by atoms with Crippen LogP contribution >= 0.6 is 11.6 Å². The van der Waals surface area contributed by atoms with Crippen LogP contribution in [0.4, 0.5) is 23.7 Å². The Morgan fingerprint density at radius 3 is 2.44 bits per heavy atom. The van der Waals surface area contributed by atoms with Gasteiger partial charge in [0, 0.05) is 12.1 Å². The summed E-state index contributed by atoms with van der Waals surface area (Å²) in [5.74, 6) is -1.61. The molecule has 1 saturated heterocycles. The van der Waals surface area contributed by atoms with Crippen LogP contribution < -0.4 is 15.4 Å². The molecule has 0 bridgehead atoms. The van der Waals surface area contributed by atoms with E-state index in [4.69, 9.17) is 21.1 Å². The minimum atomic E-state index is -4.66. The Morgan fingerprint density at radius 1 is 1.15 bits per heavy atom. The van der Waals surface area contributed by atoms with E-state index >= 15 is 0 Å². The number of hydrogen-bond acceptors (Lipinski definition) is 5. The summed E-state index contributed by atoms with van der Waals surface area (Å²) >= 11 is 5.87. The van der Waals surface area contributed by atoms with Crippen LogP contribution in [0.1, 0.15) is 18.1 Å². The van der Waals surface area contributed by atoms with Crippen LogP contribution in [0.25, 0.3) is 0 Å². The molecule has 1 aliphatic heterocycles. The lowest BCUT2D eigenvalue weighted by Gasteiger charge is -2.22. The van der Waals surface area contributed by atoms with E-state index in [1.54, 1.807) is 24.3 Å². The van der Waals surface area contributed by atoms with Crippen molar-refractivity contribution in [2.24, 2.45) is 0 Å². The summed E-state index contributed by atoms with van der Waals surface area (Å²) in [6, 6.07) is 8.01. The first-order valence-corrected chi connectivity index (χ1v) is 10.4. The van der Waals surface area contributed by atoms with E-state index in [1.807, 2.05) is 0 Å². The lowest BCUT2D eigenvalue weighted by atomic mass is 9.92. The van der Waals surface area contributed by atoms with Gasteiger partial charge in [-0.05, 0) is 42.8 Å². The van der Waals surface area contributed by atoms with E-state index in [0.717, 1.165) is 12.1 Å². The number of benzene rings is 2. The van der Waals surface area contributed by atoms with Crippen molar-refractivity contribution in [1.82, 2.24) is 10.2 Å². The smallest absolute Gasteiger partial charge is 0.416 e. The van der Waals surface area contributed by atoms with Gasteiger partial charge in [0.2, 0.25) is 5.91 Å². The van der Waals surface area contributed by atoms with Crippen molar-refractivity contribution in [3.05, 3.63) is 58.6 Å². The number of carbonyl (C=O) groups is 3. The fourth-order valence-electron chi connectivity index (χ4n) is 3.32. The van der Waals surface area contributed by atoms with Crippen molar-refractivity contribution in [1.29, 1.82) is 0 Å². The van der Waals surface area contributed by atoms with Gasteiger partial charge in [0.05, 0.1) is 17.9 Å². The van der Waals surface area contributed by atoms with E-state index in [1.165, 1.54) is 14.0 Å². The Morgan fingerprint density at radius 2 is 1.82 bits per heavy atom. The number of halogens is 4. The first-order valence-electron chi connectivity index (χ1n) is 9.98. The number of rotatable bonds is 8. The second-order valence-corrected chi connectivity index (χ2v) is 7.99. The number of urea groups is 1. The first kappa shape index (κ1) is 25.3. The largest absolute Gasteiger partial charge is 0.489 e. The van der Waals surface area contributed by atoms with Gasteiger partial charge in [-0.2, -0.15) is 13.2 Å². The molecule has 2 N–H and O–H groups in total. The van der Waals surface area contributed by atoms with Gasteiger partial charge in [-0.1, -0.05) is 23.7 Å². The van der Waals surface area contributed by atoms with Crippen molar-refractivity contribution in [2.45, 2.75) is 18.6 Å². The van der Waals surface area contributed by atoms with Gasteiger partial charge in [0.15, 0.2) is 0 Å². The van der Waals surface area contributed by atoms with Gasteiger partial charge in [-0.15, -0.1) is 0 Å². The minimum Gasteiger partial charge on any atom is -0.489 e. The van der Waals surface area contributed by atoms with Gasteiger partial charge < -0.3 is 20.1 Å². The van der Waals surface area contributed by atoms with E-state index in [0.29, 0.717) is 21.6 Å². The molecule has 0 aliphatic carbocycles. The summed E-state index contributed by atoms with van der Waals surface area (Å²) in [6.45, 7) is 0.946. The van der Waals surface area contributed by atoms with E-state index in [-0.39, 0.29) is 24.7 Å². The molecule has 0 aromatic heterocycles. The highest BCUT2D eigenvalue weighted by Gasteiger charge is 2.49. The second kappa shape index (κ2) is 9.90. The molecular weight excluding hydrogens is 479 g/mol. The van der Waals surface area contributed by atoms with Gasteiger partial charge >= 0.3 is 12.2 Å². The monoisotopic (exact) mass is 499 g/mol. The topological polar surface area (TPSA) is 97.0 Å². The minimum absolute atomic E-state index is 0.0250. The summed E-state index contributed by atoms with van der Waals surface area (Å²) in [5, 5.41) is 5.27. The van der Waals surface area contributed by atoms with Crippen LogP contribution in [-0.2, 0) is 26.0 Å². The maximum atomic E-state index is 13.2. The molecule has 2 aromatic rings. The lowest BCUT2D eigenvalue weighted by molar-refractivity contribution is -0.137. The lowest BCUT2D eigenvalue weighted by Crippen LogP contribution is -2.42. The van der Waals surface area contributed by atoms with Gasteiger partial charge in [-0.25, -0.2) is 4.79 Å². The van der Waals surface area contributed by atoms with Crippen molar-refractivity contribution < 1.29 is 37.0 Å². The molecule has 1 aliphatic rings. The Balaban J connectivity index is 1.78. The van der Waals surface area contributed by atoms with Crippen molar-refractivity contribution in [2.75, 3.05) is 32.2 Å². The maximum absolute atomic E-state index is 13.2. The molecule has 3 rings (SSSR count). The third kappa shape index (κ3) is 5.42. The van der Waals surface area contributed by atoms with Crippen LogP contribution in [0.3, 0.4) is 0 Å². The molecule has 8 nitrogen and oxygen atoms in total. The van der Waals surface area contributed by atoms with Gasteiger partial charge in [0.1, 0.15) is 24.4 Å². The summed E-state index contributed by atoms with van der Waals surface area (Å²) in [4.78, 5) is 38.8. The number of amides is 4. The molecule has 1 atom stereocenters. The highest BCUT2D eigenvalue weighted by atomic mass is 35.5. The zero-order valence-electron chi connectivity index (χ0n) is 18.2. The molecule has 2 aromatic carbocycles. The molecule has 0 spiro atoms. The summed E-state index contributed by atoms with van der Waals surface area (Å²) in [5.41, 5.74) is -2.26. The molecule has 0 saturated carbocycles. The van der Waals surface area contributed by atoms with Gasteiger partial charge in [-0.3, -0.25) is 14.5 Å².